The Hall–Kier alpha value is -1.24. The van der Waals surface area contributed by atoms with E-state index in [0.29, 0.717) is 6.54 Å². The van der Waals surface area contributed by atoms with Crippen LogP contribution < -0.4 is 0 Å². The van der Waals surface area contributed by atoms with E-state index >= 15 is 0 Å². The van der Waals surface area contributed by atoms with Crippen LogP contribution in [0.4, 0.5) is 4.79 Å². The maximum Gasteiger partial charge on any atom is 0.410 e. The van der Waals surface area contributed by atoms with E-state index in [1.165, 1.54) is 0 Å². The summed E-state index contributed by atoms with van der Waals surface area (Å²) in [6.45, 7) is 15.8. The van der Waals surface area contributed by atoms with Gasteiger partial charge < -0.3 is 14.5 Å². The molecular formula is C13H22N2O2. The minimum Gasteiger partial charge on any atom is -0.444 e. The molecular weight excluding hydrogens is 216 g/mol. The van der Waals surface area contributed by atoms with Gasteiger partial charge in [-0.3, -0.25) is 0 Å². The van der Waals surface area contributed by atoms with Crippen molar-refractivity contribution in [2.45, 2.75) is 52.2 Å². The van der Waals surface area contributed by atoms with Gasteiger partial charge in [-0.1, -0.05) is 6.92 Å². The molecule has 96 valence electrons. The Balaban J connectivity index is 2.63. The van der Waals surface area contributed by atoms with Gasteiger partial charge in [0.05, 0.1) is 0 Å². The Bertz CT molecular complexity index is 314. The van der Waals surface area contributed by atoms with E-state index in [4.69, 9.17) is 11.3 Å². The average Bonchev–Trinajstić information content (AvgIpc) is 2.63. The summed E-state index contributed by atoms with van der Waals surface area (Å²) in [7, 11) is 0. The summed E-state index contributed by atoms with van der Waals surface area (Å²) in [4.78, 5) is 17.2. The average molecular weight is 238 g/mol. The molecule has 0 N–H and O–H groups in total. The molecule has 0 aromatic carbocycles. The van der Waals surface area contributed by atoms with Crippen LogP contribution in [0.15, 0.2) is 0 Å². The maximum absolute atomic E-state index is 12.0. The third-order valence-corrected chi connectivity index (χ3v) is 2.96. The highest BCUT2D eigenvalue weighted by molar-refractivity contribution is 5.69. The van der Waals surface area contributed by atoms with E-state index in [1.54, 1.807) is 4.90 Å². The van der Waals surface area contributed by atoms with Crippen molar-refractivity contribution in [2.24, 2.45) is 5.92 Å². The maximum atomic E-state index is 12.0. The Kier molecular flexibility index (Phi) is 4.39. The number of carbonyl (C=O) groups excluding carboxylic acids is 1. The minimum atomic E-state index is -0.451. The van der Waals surface area contributed by atoms with Crippen LogP contribution in [0.3, 0.4) is 0 Å². The second-order valence-corrected chi connectivity index (χ2v) is 5.70. The number of rotatable bonds is 2. The molecule has 4 heteroatoms. The summed E-state index contributed by atoms with van der Waals surface area (Å²) in [5.41, 5.74) is -0.451. The Morgan fingerprint density at radius 3 is 2.76 bits per heavy atom. The van der Waals surface area contributed by atoms with Gasteiger partial charge >= 0.3 is 6.09 Å². The first-order valence-electron chi connectivity index (χ1n) is 6.18. The van der Waals surface area contributed by atoms with Crippen LogP contribution in [-0.4, -0.2) is 35.7 Å². The van der Waals surface area contributed by atoms with Crippen molar-refractivity contribution in [3.8, 4) is 0 Å². The van der Waals surface area contributed by atoms with Crippen LogP contribution in [0, 0.1) is 12.5 Å². The number of amides is 1. The lowest BCUT2D eigenvalue weighted by Gasteiger charge is -2.30. The summed E-state index contributed by atoms with van der Waals surface area (Å²) in [5.74, 6) is 0.225. The second kappa shape index (κ2) is 5.39. The van der Waals surface area contributed by atoms with Gasteiger partial charge in [0.1, 0.15) is 5.60 Å². The second-order valence-electron chi connectivity index (χ2n) is 5.70. The number of ether oxygens (including phenoxy) is 1. The first kappa shape index (κ1) is 13.8. The molecule has 1 aliphatic rings. The van der Waals surface area contributed by atoms with Crippen LogP contribution in [0.25, 0.3) is 4.85 Å². The van der Waals surface area contributed by atoms with Crippen LogP contribution >= 0.6 is 0 Å². The van der Waals surface area contributed by atoms with Gasteiger partial charge in [0.25, 0.3) is 0 Å². The number of nitrogens with zero attached hydrogens (tertiary/aromatic N) is 2. The Labute approximate surface area is 104 Å². The van der Waals surface area contributed by atoms with Gasteiger partial charge in [0.15, 0.2) is 0 Å². The molecule has 0 bridgehead atoms. The van der Waals surface area contributed by atoms with E-state index in [1.807, 2.05) is 27.7 Å². The van der Waals surface area contributed by atoms with Gasteiger partial charge in [0.2, 0.25) is 6.54 Å². The Morgan fingerprint density at radius 1 is 1.59 bits per heavy atom. The molecule has 0 saturated carbocycles. The fourth-order valence-corrected chi connectivity index (χ4v) is 2.20. The monoisotopic (exact) mass is 238 g/mol. The fourth-order valence-electron chi connectivity index (χ4n) is 2.20. The number of hydrogen-bond donors (Lipinski definition) is 0. The third-order valence-electron chi connectivity index (χ3n) is 2.96. The zero-order valence-corrected chi connectivity index (χ0v) is 11.2. The third kappa shape index (κ3) is 3.92. The standard InChI is InChI=1S/C13H22N2O2/c1-10(9-14-5)11-7-6-8-15(11)12(16)17-13(2,3)4/h10-11H,6-9H2,1-4H3. The predicted octanol–water partition coefficient (Wildman–Crippen LogP) is 2.94. The molecule has 0 radical (unpaired) electrons. The summed E-state index contributed by atoms with van der Waals surface area (Å²) >= 11 is 0. The van der Waals surface area contributed by atoms with E-state index in [0.717, 1.165) is 19.4 Å². The van der Waals surface area contributed by atoms with E-state index in [2.05, 4.69) is 4.85 Å². The molecule has 2 atom stereocenters. The van der Waals surface area contributed by atoms with E-state index < -0.39 is 5.60 Å². The zero-order valence-electron chi connectivity index (χ0n) is 11.2. The van der Waals surface area contributed by atoms with Crippen LogP contribution in [0.1, 0.15) is 40.5 Å². The molecule has 0 aromatic heterocycles. The van der Waals surface area contributed by atoms with Crippen molar-refractivity contribution >= 4 is 6.09 Å². The number of carbonyl (C=O) groups is 1. The molecule has 1 heterocycles. The highest BCUT2D eigenvalue weighted by Gasteiger charge is 2.36. The molecule has 1 saturated heterocycles. The number of hydrogen-bond acceptors (Lipinski definition) is 2. The zero-order chi connectivity index (χ0) is 13.1. The van der Waals surface area contributed by atoms with Crippen molar-refractivity contribution in [3.05, 3.63) is 11.4 Å². The fraction of sp³-hybridized carbons (Fsp3) is 0.846. The molecule has 17 heavy (non-hydrogen) atoms. The van der Waals surface area contributed by atoms with Crippen LogP contribution in [-0.2, 0) is 4.74 Å². The molecule has 1 rings (SSSR count). The van der Waals surface area contributed by atoms with Crippen molar-refractivity contribution in [1.29, 1.82) is 0 Å². The van der Waals surface area contributed by atoms with Gasteiger partial charge in [-0.25, -0.2) is 11.4 Å². The topological polar surface area (TPSA) is 33.9 Å². The largest absolute Gasteiger partial charge is 0.444 e. The SMILES string of the molecule is [C-]#[N+]CC(C)C1CCCN1C(=O)OC(C)(C)C. The molecule has 1 fully saturated rings. The predicted molar refractivity (Wildman–Crippen MR) is 66.6 cm³/mol. The molecule has 1 aliphatic heterocycles. The first-order valence-corrected chi connectivity index (χ1v) is 6.18. The molecule has 0 aromatic rings. The molecule has 4 nitrogen and oxygen atoms in total. The summed E-state index contributed by atoms with van der Waals surface area (Å²) in [5, 5.41) is 0. The highest BCUT2D eigenvalue weighted by Crippen LogP contribution is 2.26. The normalized spacial score (nSPS) is 22.1. The van der Waals surface area contributed by atoms with E-state index in [9.17, 15) is 4.79 Å². The lowest BCUT2D eigenvalue weighted by molar-refractivity contribution is 0.0189. The van der Waals surface area contributed by atoms with Gasteiger partial charge in [-0.05, 0) is 33.6 Å². The Morgan fingerprint density at radius 2 is 2.24 bits per heavy atom. The quantitative estimate of drug-likeness (QED) is 0.693. The molecule has 0 aliphatic carbocycles. The van der Waals surface area contributed by atoms with Crippen LogP contribution in [0.5, 0.6) is 0 Å². The number of likely N-dealkylation sites (tertiary alicyclic amines) is 1. The van der Waals surface area contributed by atoms with Crippen LogP contribution in [0.2, 0.25) is 0 Å². The van der Waals surface area contributed by atoms with Gasteiger partial charge in [-0.2, -0.15) is 0 Å². The van der Waals surface area contributed by atoms with Crippen molar-refractivity contribution in [3.63, 3.8) is 0 Å². The van der Waals surface area contributed by atoms with Crippen molar-refractivity contribution < 1.29 is 9.53 Å². The summed E-state index contributed by atoms with van der Waals surface area (Å²) in [6.07, 6.45) is 1.75. The van der Waals surface area contributed by atoms with Gasteiger partial charge in [0, 0.05) is 18.5 Å². The molecule has 2 unspecified atom stereocenters. The summed E-state index contributed by atoms with van der Waals surface area (Å²) in [6, 6.07) is 0.166. The van der Waals surface area contributed by atoms with Gasteiger partial charge in [-0.15, -0.1) is 0 Å². The minimum absolute atomic E-state index is 0.166. The smallest absolute Gasteiger partial charge is 0.410 e. The highest BCUT2D eigenvalue weighted by atomic mass is 16.6. The first-order chi connectivity index (χ1) is 7.85. The molecule has 0 spiro atoms. The van der Waals surface area contributed by atoms with Crippen molar-refractivity contribution in [1.82, 2.24) is 4.90 Å². The van der Waals surface area contributed by atoms with Crippen molar-refractivity contribution in [2.75, 3.05) is 13.1 Å². The lowest BCUT2D eigenvalue weighted by atomic mass is 10.00. The van der Waals surface area contributed by atoms with E-state index in [-0.39, 0.29) is 18.1 Å². The summed E-state index contributed by atoms with van der Waals surface area (Å²) < 4.78 is 5.39. The molecule has 1 amide bonds. The lowest BCUT2D eigenvalue weighted by Crippen LogP contribution is -2.43.